The van der Waals surface area contributed by atoms with E-state index < -0.39 is 0 Å². The fourth-order valence-corrected chi connectivity index (χ4v) is 3.48. The van der Waals surface area contributed by atoms with Gasteiger partial charge in [0.05, 0.1) is 11.8 Å². The highest BCUT2D eigenvalue weighted by atomic mass is 16.2. The zero-order valence-electron chi connectivity index (χ0n) is 16.1. The summed E-state index contributed by atoms with van der Waals surface area (Å²) in [5.74, 6) is -0.640. The van der Waals surface area contributed by atoms with Crippen LogP contribution in [0.25, 0.3) is 0 Å². The van der Waals surface area contributed by atoms with Crippen LogP contribution >= 0.6 is 0 Å². The maximum Gasteiger partial charge on any atom is 0.228 e. The molecule has 26 heavy (non-hydrogen) atoms. The molecular formula is C22H26N2O2. The normalized spacial score (nSPS) is 18.3. The fourth-order valence-electron chi connectivity index (χ4n) is 3.48. The van der Waals surface area contributed by atoms with E-state index in [-0.39, 0.29) is 23.7 Å². The summed E-state index contributed by atoms with van der Waals surface area (Å²) in [5.41, 5.74) is 7.16. The summed E-state index contributed by atoms with van der Waals surface area (Å²) in [6.45, 7) is 10.0. The Balaban J connectivity index is 1.64. The van der Waals surface area contributed by atoms with Crippen molar-refractivity contribution >= 4 is 23.2 Å². The van der Waals surface area contributed by atoms with Crippen LogP contribution in [0.5, 0.6) is 0 Å². The van der Waals surface area contributed by atoms with Gasteiger partial charge in [-0.15, -0.1) is 0 Å². The maximum atomic E-state index is 12.6. The highest BCUT2D eigenvalue weighted by molar-refractivity contribution is 6.04. The minimum Gasteiger partial charge on any atom is -0.326 e. The van der Waals surface area contributed by atoms with Crippen molar-refractivity contribution in [1.82, 2.24) is 0 Å². The molecule has 3 rings (SSSR count). The van der Waals surface area contributed by atoms with Crippen LogP contribution in [0.4, 0.5) is 11.4 Å². The van der Waals surface area contributed by atoms with Gasteiger partial charge in [-0.3, -0.25) is 9.59 Å². The van der Waals surface area contributed by atoms with Crippen molar-refractivity contribution in [3.8, 4) is 0 Å². The average Bonchev–Trinajstić information content (AvgIpc) is 3.36. The Labute approximate surface area is 155 Å². The van der Waals surface area contributed by atoms with E-state index in [1.165, 1.54) is 5.56 Å². The minimum absolute atomic E-state index is 0.0684. The lowest BCUT2D eigenvalue weighted by molar-refractivity contribution is -0.122. The van der Waals surface area contributed by atoms with Crippen LogP contribution in [0.15, 0.2) is 30.3 Å². The molecule has 0 aromatic heterocycles. The number of carbonyl (C=O) groups is 2. The lowest BCUT2D eigenvalue weighted by Crippen LogP contribution is -2.21. The van der Waals surface area contributed by atoms with E-state index in [9.17, 15) is 9.59 Å². The zero-order chi connectivity index (χ0) is 19.0. The van der Waals surface area contributed by atoms with Gasteiger partial charge in [0.1, 0.15) is 0 Å². The van der Waals surface area contributed by atoms with Crippen LogP contribution < -0.4 is 10.6 Å². The first-order valence-corrected chi connectivity index (χ1v) is 9.03. The van der Waals surface area contributed by atoms with E-state index in [0.717, 1.165) is 33.6 Å². The maximum absolute atomic E-state index is 12.6. The monoisotopic (exact) mass is 350 g/mol. The number of nitrogens with one attached hydrogen (secondary N) is 2. The first-order chi connectivity index (χ1) is 12.3. The molecule has 4 heteroatoms. The van der Waals surface area contributed by atoms with Gasteiger partial charge in [0.25, 0.3) is 0 Å². The second-order valence-corrected chi connectivity index (χ2v) is 7.45. The largest absolute Gasteiger partial charge is 0.326 e. The molecule has 1 aliphatic rings. The summed E-state index contributed by atoms with van der Waals surface area (Å²) in [4.78, 5) is 25.1. The number of aryl methyl sites for hydroxylation is 4. The van der Waals surface area contributed by atoms with Gasteiger partial charge in [0.15, 0.2) is 0 Å². The Morgan fingerprint density at radius 2 is 1.42 bits per heavy atom. The molecule has 1 aliphatic carbocycles. The van der Waals surface area contributed by atoms with Crippen molar-refractivity contribution in [1.29, 1.82) is 0 Å². The number of rotatable bonds is 4. The molecule has 0 spiro atoms. The molecule has 1 saturated carbocycles. The topological polar surface area (TPSA) is 58.2 Å². The molecule has 2 aromatic rings. The SMILES string of the molecule is Cc1cc(C)c(NC(=O)C2CC2C(=O)Nc2cccc(C)c2C)c(C)c1. The molecule has 0 radical (unpaired) electrons. The molecule has 1 fully saturated rings. The van der Waals surface area contributed by atoms with E-state index >= 15 is 0 Å². The number of amides is 2. The fraction of sp³-hybridized carbons (Fsp3) is 0.364. The summed E-state index contributed by atoms with van der Waals surface area (Å²) in [6.07, 6.45) is 0.604. The van der Waals surface area contributed by atoms with E-state index in [1.807, 2.05) is 52.8 Å². The average molecular weight is 350 g/mol. The van der Waals surface area contributed by atoms with Crippen molar-refractivity contribution < 1.29 is 9.59 Å². The summed E-state index contributed by atoms with van der Waals surface area (Å²) in [6, 6.07) is 9.96. The lowest BCUT2D eigenvalue weighted by Gasteiger charge is -2.13. The summed E-state index contributed by atoms with van der Waals surface area (Å²) < 4.78 is 0. The van der Waals surface area contributed by atoms with Gasteiger partial charge < -0.3 is 10.6 Å². The van der Waals surface area contributed by atoms with Gasteiger partial charge in [-0.2, -0.15) is 0 Å². The molecule has 0 saturated heterocycles. The second kappa shape index (κ2) is 6.94. The molecule has 2 N–H and O–H groups in total. The molecule has 4 nitrogen and oxygen atoms in total. The number of benzene rings is 2. The summed E-state index contributed by atoms with van der Waals surface area (Å²) in [7, 11) is 0. The van der Waals surface area contributed by atoms with Crippen LogP contribution in [0.3, 0.4) is 0 Å². The van der Waals surface area contributed by atoms with Crippen LogP contribution in [-0.4, -0.2) is 11.8 Å². The smallest absolute Gasteiger partial charge is 0.228 e. The van der Waals surface area contributed by atoms with Gasteiger partial charge in [0, 0.05) is 11.4 Å². The number of anilines is 2. The van der Waals surface area contributed by atoms with Gasteiger partial charge in [-0.25, -0.2) is 0 Å². The first-order valence-electron chi connectivity index (χ1n) is 9.03. The Morgan fingerprint density at radius 3 is 2.04 bits per heavy atom. The van der Waals surface area contributed by atoms with Crippen molar-refractivity contribution in [2.24, 2.45) is 11.8 Å². The zero-order valence-corrected chi connectivity index (χ0v) is 16.1. The summed E-state index contributed by atoms with van der Waals surface area (Å²) in [5, 5.41) is 5.99. The third-order valence-corrected chi connectivity index (χ3v) is 5.25. The molecular weight excluding hydrogens is 324 g/mol. The van der Waals surface area contributed by atoms with Crippen molar-refractivity contribution in [2.75, 3.05) is 10.6 Å². The van der Waals surface area contributed by atoms with Crippen molar-refractivity contribution in [3.05, 3.63) is 58.1 Å². The molecule has 2 aromatic carbocycles. The van der Waals surface area contributed by atoms with Crippen LogP contribution in [0, 0.1) is 46.5 Å². The highest BCUT2D eigenvalue weighted by Gasteiger charge is 2.48. The molecule has 2 atom stereocenters. The Bertz CT molecular complexity index is 863. The summed E-state index contributed by atoms with van der Waals surface area (Å²) >= 11 is 0. The third kappa shape index (κ3) is 3.64. The first kappa shape index (κ1) is 18.2. The molecule has 136 valence electrons. The predicted molar refractivity (Wildman–Crippen MR) is 105 cm³/mol. The Morgan fingerprint density at radius 1 is 0.846 bits per heavy atom. The molecule has 0 heterocycles. The van der Waals surface area contributed by atoms with Crippen molar-refractivity contribution in [3.63, 3.8) is 0 Å². The number of hydrogen-bond donors (Lipinski definition) is 2. The standard InChI is InChI=1S/C22H26N2O2/c1-12-9-14(3)20(15(4)10-12)24-22(26)18-11-17(18)21(25)23-19-8-6-7-13(2)16(19)5/h6-10,17-18H,11H2,1-5H3,(H,23,25)(H,24,26). The number of hydrogen-bond acceptors (Lipinski definition) is 2. The molecule has 0 aliphatic heterocycles. The molecule has 2 amide bonds. The number of carbonyl (C=O) groups excluding carboxylic acids is 2. The van der Waals surface area contributed by atoms with E-state index in [0.29, 0.717) is 6.42 Å². The quantitative estimate of drug-likeness (QED) is 0.856. The van der Waals surface area contributed by atoms with E-state index in [1.54, 1.807) is 0 Å². The van der Waals surface area contributed by atoms with Crippen LogP contribution in [0.2, 0.25) is 0 Å². The van der Waals surface area contributed by atoms with Gasteiger partial charge >= 0.3 is 0 Å². The van der Waals surface area contributed by atoms with Crippen LogP contribution in [0.1, 0.15) is 34.2 Å². The Kier molecular flexibility index (Phi) is 4.86. The van der Waals surface area contributed by atoms with Gasteiger partial charge in [-0.05, 0) is 69.4 Å². The van der Waals surface area contributed by atoms with Crippen LogP contribution in [-0.2, 0) is 9.59 Å². The second-order valence-electron chi connectivity index (χ2n) is 7.45. The minimum atomic E-state index is -0.250. The molecule has 0 bridgehead atoms. The lowest BCUT2D eigenvalue weighted by atomic mass is 10.0. The Hall–Kier alpha value is -2.62. The highest BCUT2D eigenvalue weighted by Crippen LogP contribution is 2.41. The van der Waals surface area contributed by atoms with E-state index in [4.69, 9.17) is 0 Å². The third-order valence-electron chi connectivity index (χ3n) is 5.25. The van der Waals surface area contributed by atoms with Gasteiger partial charge in [-0.1, -0.05) is 29.8 Å². The van der Waals surface area contributed by atoms with Gasteiger partial charge in [0.2, 0.25) is 11.8 Å². The van der Waals surface area contributed by atoms with Crippen molar-refractivity contribution in [2.45, 2.75) is 41.0 Å². The predicted octanol–water partition coefficient (Wildman–Crippen LogP) is 4.44. The van der Waals surface area contributed by atoms with E-state index in [2.05, 4.69) is 22.8 Å². The molecule has 2 unspecified atom stereocenters.